The molecule has 3 aromatic rings. The van der Waals surface area contributed by atoms with Gasteiger partial charge in [0.15, 0.2) is 0 Å². The number of hydrogen-bond acceptors (Lipinski definition) is 4. The van der Waals surface area contributed by atoms with Gasteiger partial charge in [-0.2, -0.15) is 0 Å². The molecule has 3 aromatic carbocycles. The van der Waals surface area contributed by atoms with Crippen LogP contribution < -0.4 is 10.6 Å². The van der Waals surface area contributed by atoms with Gasteiger partial charge in [0.05, 0.1) is 12.2 Å². The number of amides is 2. The zero-order chi connectivity index (χ0) is 22.1. The summed E-state index contributed by atoms with van der Waals surface area (Å²) in [5.74, 6) is -1.40. The second-order valence-electron chi connectivity index (χ2n) is 6.54. The van der Waals surface area contributed by atoms with Crippen LogP contribution >= 0.6 is 0 Å². The van der Waals surface area contributed by atoms with Gasteiger partial charge in [-0.3, -0.25) is 9.59 Å². The Kier molecular flexibility index (Phi) is 7.32. The molecule has 0 saturated heterocycles. The normalized spacial score (nSPS) is 10.8. The minimum atomic E-state index is -0.519. The molecule has 6 heteroatoms. The minimum absolute atomic E-state index is 0.0709. The van der Waals surface area contributed by atoms with Crippen LogP contribution in [0.25, 0.3) is 6.08 Å². The van der Waals surface area contributed by atoms with Crippen LogP contribution in [0, 0.1) is 0 Å². The molecule has 0 aliphatic carbocycles. The van der Waals surface area contributed by atoms with Gasteiger partial charge in [0.1, 0.15) is 5.70 Å². The van der Waals surface area contributed by atoms with Crippen molar-refractivity contribution in [2.24, 2.45) is 0 Å². The topological polar surface area (TPSA) is 84.5 Å². The van der Waals surface area contributed by atoms with Crippen LogP contribution in [0.5, 0.6) is 0 Å². The number of nitrogens with one attached hydrogen (secondary N) is 2. The van der Waals surface area contributed by atoms with E-state index in [1.807, 2.05) is 30.3 Å². The molecule has 0 aliphatic heterocycles. The lowest BCUT2D eigenvalue weighted by Gasteiger charge is -2.12. The minimum Gasteiger partial charge on any atom is -0.462 e. The number of ether oxygens (including phenoxy) is 1. The summed E-state index contributed by atoms with van der Waals surface area (Å²) in [5, 5.41) is 5.40. The highest BCUT2D eigenvalue weighted by Crippen LogP contribution is 2.14. The van der Waals surface area contributed by atoms with Gasteiger partial charge in [0.2, 0.25) is 0 Å². The summed E-state index contributed by atoms with van der Waals surface area (Å²) in [6, 6.07) is 24.2. The Bertz CT molecular complexity index is 1090. The third-order valence-electron chi connectivity index (χ3n) is 4.27. The number of carbonyl (C=O) groups is 3. The zero-order valence-electron chi connectivity index (χ0n) is 17.0. The number of hydrogen-bond donors (Lipinski definition) is 2. The van der Waals surface area contributed by atoms with Crippen LogP contribution in [-0.2, 0) is 9.53 Å². The molecule has 2 N–H and O–H groups in total. The molecule has 0 fully saturated rings. The monoisotopic (exact) mass is 414 g/mol. The third kappa shape index (κ3) is 6.14. The van der Waals surface area contributed by atoms with Gasteiger partial charge in [-0.15, -0.1) is 0 Å². The summed E-state index contributed by atoms with van der Waals surface area (Å²) in [6.45, 7) is 1.98. The molecule has 6 nitrogen and oxygen atoms in total. The van der Waals surface area contributed by atoms with E-state index in [4.69, 9.17) is 4.74 Å². The average Bonchev–Trinajstić information content (AvgIpc) is 2.80. The molecule has 0 heterocycles. The van der Waals surface area contributed by atoms with Gasteiger partial charge in [-0.25, -0.2) is 4.79 Å². The van der Waals surface area contributed by atoms with Crippen molar-refractivity contribution in [2.75, 3.05) is 11.9 Å². The van der Waals surface area contributed by atoms with E-state index in [1.54, 1.807) is 61.5 Å². The van der Waals surface area contributed by atoms with E-state index in [-0.39, 0.29) is 12.3 Å². The molecule has 3 rings (SSSR count). The molecule has 156 valence electrons. The van der Waals surface area contributed by atoms with Gasteiger partial charge in [0, 0.05) is 11.3 Å². The van der Waals surface area contributed by atoms with Crippen molar-refractivity contribution in [1.29, 1.82) is 0 Å². The molecule has 0 aromatic heterocycles. The molecular formula is C25H22N2O4. The maximum absolute atomic E-state index is 13.0. The summed E-state index contributed by atoms with van der Waals surface area (Å²) in [6.07, 6.45) is 1.59. The predicted molar refractivity (Wildman–Crippen MR) is 119 cm³/mol. The van der Waals surface area contributed by atoms with Crippen LogP contribution in [0.15, 0.2) is 90.6 Å². The summed E-state index contributed by atoms with van der Waals surface area (Å²) >= 11 is 0. The molecule has 0 radical (unpaired) electrons. The fraction of sp³-hybridized carbons (Fsp3) is 0.0800. The molecule has 0 bridgehead atoms. The summed E-state index contributed by atoms with van der Waals surface area (Å²) in [5.41, 5.74) is 1.98. The Morgan fingerprint density at radius 3 is 2.16 bits per heavy atom. The highest BCUT2D eigenvalue weighted by Gasteiger charge is 2.16. The van der Waals surface area contributed by atoms with E-state index in [1.165, 1.54) is 6.07 Å². The first-order valence-corrected chi connectivity index (χ1v) is 9.78. The maximum Gasteiger partial charge on any atom is 0.338 e. The van der Waals surface area contributed by atoms with E-state index >= 15 is 0 Å². The van der Waals surface area contributed by atoms with E-state index in [9.17, 15) is 14.4 Å². The number of carbonyl (C=O) groups excluding carboxylic acids is 3. The molecule has 0 unspecified atom stereocenters. The number of anilines is 1. The van der Waals surface area contributed by atoms with Gasteiger partial charge >= 0.3 is 5.97 Å². The van der Waals surface area contributed by atoms with Crippen molar-refractivity contribution in [2.45, 2.75) is 6.92 Å². The second-order valence-corrected chi connectivity index (χ2v) is 6.54. The van der Waals surface area contributed by atoms with Crippen molar-refractivity contribution in [3.05, 3.63) is 107 Å². The fourth-order valence-corrected chi connectivity index (χ4v) is 2.80. The van der Waals surface area contributed by atoms with Crippen LogP contribution in [0.1, 0.15) is 33.2 Å². The second kappa shape index (κ2) is 10.5. The maximum atomic E-state index is 13.0. The van der Waals surface area contributed by atoms with Crippen LogP contribution in [0.3, 0.4) is 0 Å². The summed E-state index contributed by atoms with van der Waals surface area (Å²) in [7, 11) is 0. The Balaban J connectivity index is 1.84. The van der Waals surface area contributed by atoms with Crippen molar-refractivity contribution >= 4 is 29.5 Å². The molecule has 0 atom stereocenters. The first kappa shape index (κ1) is 21.5. The van der Waals surface area contributed by atoms with Gasteiger partial charge in [-0.05, 0) is 48.9 Å². The highest BCUT2D eigenvalue weighted by molar-refractivity contribution is 6.11. The van der Waals surface area contributed by atoms with E-state index in [2.05, 4.69) is 10.6 Å². The van der Waals surface area contributed by atoms with Crippen LogP contribution in [0.4, 0.5) is 5.69 Å². The van der Waals surface area contributed by atoms with E-state index in [0.717, 1.165) is 5.56 Å². The van der Waals surface area contributed by atoms with Crippen molar-refractivity contribution < 1.29 is 19.1 Å². The summed E-state index contributed by atoms with van der Waals surface area (Å²) < 4.78 is 5.00. The smallest absolute Gasteiger partial charge is 0.338 e. The SMILES string of the molecule is CCOC(=O)c1cccc(NC(=O)C(=Cc2ccccc2)NC(=O)c2ccccc2)c1. The largest absolute Gasteiger partial charge is 0.462 e. The Hall–Kier alpha value is -4.19. The highest BCUT2D eigenvalue weighted by atomic mass is 16.5. The van der Waals surface area contributed by atoms with Crippen LogP contribution in [-0.4, -0.2) is 24.4 Å². The molecule has 2 amide bonds. The van der Waals surface area contributed by atoms with E-state index < -0.39 is 17.8 Å². The molecular weight excluding hydrogens is 392 g/mol. The zero-order valence-corrected chi connectivity index (χ0v) is 17.0. The van der Waals surface area contributed by atoms with Crippen molar-refractivity contribution in [3.8, 4) is 0 Å². The average molecular weight is 414 g/mol. The van der Waals surface area contributed by atoms with E-state index in [0.29, 0.717) is 16.8 Å². The summed E-state index contributed by atoms with van der Waals surface area (Å²) in [4.78, 5) is 37.6. The predicted octanol–water partition coefficient (Wildman–Crippen LogP) is 4.27. The molecule has 0 aliphatic rings. The van der Waals surface area contributed by atoms with Gasteiger partial charge in [0.25, 0.3) is 11.8 Å². The quantitative estimate of drug-likeness (QED) is 0.447. The number of rotatable bonds is 7. The fourth-order valence-electron chi connectivity index (χ4n) is 2.80. The van der Waals surface area contributed by atoms with Gasteiger partial charge in [-0.1, -0.05) is 54.6 Å². The Labute approximate surface area is 180 Å². The molecule has 31 heavy (non-hydrogen) atoms. The molecule has 0 saturated carbocycles. The Morgan fingerprint density at radius 2 is 1.48 bits per heavy atom. The first-order chi connectivity index (χ1) is 15.1. The van der Waals surface area contributed by atoms with Crippen molar-refractivity contribution in [1.82, 2.24) is 5.32 Å². The lowest BCUT2D eigenvalue weighted by molar-refractivity contribution is -0.113. The van der Waals surface area contributed by atoms with Crippen LogP contribution in [0.2, 0.25) is 0 Å². The first-order valence-electron chi connectivity index (χ1n) is 9.78. The standard InChI is InChI=1S/C25H22N2O4/c1-2-31-25(30)20-14-9-15-21(17-20)26-24(29)22(16-18-10-5-3-6-11-18)27-23(28)19-12-7-4-8-13-19/h3-17H,2H2,1H3,(H,26,29)(H,27,28). The number of benzene rings is 3. The molecule has 0 spiro atoms. The third-order valence-corrected chi connectivity index (χ3v) is 4.27. The lowest BCUT2D eigenvalue weighted by atomic mass is 10.1. The van der Waals surface area contributed by atoms with Gasteiger partial charge < -0.3 is 15.4 Å². The lowest BCUT2D eigenvalue weighted by Crippen LogP contribution is -2.30. The number of esters is 1. The van der Waals surface area contributed by atoms with Crippen molar-refractivity contribution in [3.63, 3.8) is 0 Å². The Morgan fingerprint density at radius 1 is 0.839 bits per heavy atom.